The Kier molecular flexibility index (Phi) is 6.26. The molecule has 0 aromatic carbocycles. The molecule has 0 radical (unpaired) electrons. The fourth-order valence-electron chi connectivity index (χ4n) is 8.91. The first-order chi connectivity index (χ1) is 14.1. The zero-order valence-electron chi connectivity index (χ0n) is 20.5. The molecule has 4 aliphatic rings. The molecule has 4 fully saturated rings. The third kappa shape index (κ3) is 3.53. The second-order valence-corrected chi connectivity index (χ2v) is 12.7. The highest BCUT2D eigenvalue weighted by molar-refractivity contribution is 5.12. The van der Waals surface area contributed by atoms with Crippen LogP contribution in [0.15, 0.2) is 12.2 Å². The van der Waals surface area contributed by atoms with Crippen LogP contribution in [0, 0.1) is 58.2 Å². The van der Waals surface area contributed by atoms with Gasteiger partial charge in [-0.3, -0.25) is 0 Å². The van der Waals surface area contributed by atoms with Crippen molar-refractivity contribution in [3.63, 3.8) is 0 Å². The van der Waals surface area contributed by atoms with E-state index in [2.05, 4.69) is 53.7 Å². The molecule has 2 nitrogen and oxygen atoms in total. The molecule has 0 aromatic rings. The van der Waals surface area contributed by atoms with E-state index in [1.807, 2.05) is 0 Å². The maximum Gasteiger partial charge on any atom is 0.0623 e. The van der Waals surface area contributed by atoms with E-state index in [9.17, 15) is 10.2 Å². The van der Waals surface area contributed by atoms with E-state index < -0.39 is 0 Å². The Labute approximate surface area is 185 Å². The molecule has 2 N–H and O–H groups in total. The lowest BCUT2D eigenvalue weighted by molar-refractivity contribution is -0.181. The van der Waals surface area contributed by atoms with Gasteiger partial charge in [-0.25, -0.2) is 0 Å². The van der Waals surface area contributed by atoms with E-state index in [-0.39, 0.29) is 17.6 Å². The largest absolute Gasteiger partial charge is 0.393 e. The van der Waals surface area contributed by atoms with Gasteiger partial charge in [-0.2, -0.15) is 0 Å². The molecule has 11 atom stereocenters. The number of hydrogen-bond acceptors (Lipinski definition) is 2. The molecule has 4 aliphatic carbocycles. The fraction of sp³-hybridized carbons (Fsp3) is 0.929. The van der Waals surface area contributed by atoms with Gasteiger partial charge >= 0.3 is 0 Å². The average Bonchev–Trinajstić information content (AvgIpc) is 3.04. The lowest BCUT2D eigenvalue weighted by atomic mass is 9.43. The maximum absolute atomic E-state index is 11.1. The summed E-state index contributed by atoms with van der Waals surface area (Å²) in [6.45, 7) is 14.5. The Bertz CT molecular complexity index is 641. The molecule has 172 valence electrons. The van der Waals surface area contributed by atoms with Crippen molar-refractivity contribution in [2.75, 3.05) is 0 Å². The summed E-state index contributed by atoms with van der Waals surface area (Å²) < 4.78 is 0. The second-order valence-electron chi connectivity index (χ2n) is 12.7. The van der Waals surface area contributed by atoms with Gasteiger partial charge in [0.2, 0.25) is 0 Å². The number of allylic oxidation sites excluding steroid dienone is 2. The second kappa shape index (κ2) is 8.22. The minimum absolute atomic E-state index is 0.0276. The minimum Gasteiger partial charge on any atom is -0.393 e. The van der Waals surface area contributed by atoms with E-state index in [0.29, 0.717) is 41.4 Å². The van der Waals surface area contributed by atoms with Crippen molar-refractivity contribution < 1.29 is 10.2 Å². The monoisotopic (exact) mass is 416 g/mol. The van der Waals surface area contributed by atoms with Gasteiger partial charge in [0.25, 0.3) is 0 Å². The van der Waals surface area contributed by atoms with E-state index in [0.717, 1.165) is 24.2 Å². The summed E-state index contributed by atoms with van der Waals surface area (Å²) >= 11 is 0. The van der Waals surface area contributed by atoms with E-state index in [4.69, 9.17) is 0 Å². The predicted molar refractivity (Wildman–Crippen MR) is 125 cm³/mol. The van der Waals surface area contributed by atoms with Gasteiger partial charge in [-0.05, 0) is 110 Å². The third-order valence-electron chi connectivity index (χ3n) is 11.2. The topological polar surface area (TPSA) is 40.5 Å². The summed E-state index contributed by atoms with van der Waals surface area (Å²) in [6.07, 6.45) is 13.8. The maximum atomic E-state index is 11.1. The van der Waals surface area contributed by atoms with Gasteiger partial charge in [0.05, 0.1) is 12.2 Å². The SMILES string of the molecule is CC(C)C(C)C=CC(C)[C@H]1CC[C@H]2[C@@H]3CCC4CC(O)CC(O)[C@]4(C)[C@H]3CC[C@]12C. The van der Waals surface area contributed by atoms with Crippen LogP contribution in [0.2, 0.25) is 0 Å². The first-order valence-electron chi connectivity index (χ1n) is 13.1. The normalized spacial score (nSPS) is 50.8. The Morgan fingerprint density at radius 3 is 2.27 bits per heavy atom. The summed E-state index contributed by atoms with van der Waals surface area (Å²) in [4.78, 5) is 0. The summed E-state index contributed by atoms with van der Waals surface area (Å²) in [7, 11) is 0. The molecule has 4 saturated carbocycles. The van der Waals surface area contributed by atoms with Crippen LogP contribution in [0.1, 0.15) is 92.9 Å². The van der Waals surface area contributed by atoms with E-state index >= 15 is 0 Å². The van der Waals surface area contributed by atoms with Crippen LogP contribution in [-0.2, 0) is 0 Å². The molecule has 0 aromatic heterocycles. The molecule has 0 bridgehead atoms. The van der Waals surface area contributed by atoms with Gasteiger partial charge in [-0.1, -0.05) is 53.7 Å². The zero-order chi connectivity index (χ0) is 21.8. The third-order valence-corrected chi connectivity index (χ3v) is 11.2. The Balaban J connectivity index is 1.53. The minimum atomic E-state index is -0.319. The quantitative estimate of drug-likeness (QED) is 0.516. The van der Waals surface area contributed by atoms with Gasteiger partial charge < -0.3 is 10.2 Å². The molecule has 5 unspecified atom stereocenters. The standard InChI is InChI=1S/C28H48O2/c1-17(2)18(3)7-8-19(4)23-11-12-24-22-10-9-20-15-21(29)16-26(30)28(20,6)25(22)13-14-27(23,24)5/h7-8,17-26,29-30H,9-16H2,1-6H3/t18?,19?,20?,21?,22-,23+,24-,25-,26?,27+,28-/m0/s1. The summed E-state index contributed by atoms with van der Waals surface area (Å²) in [5.41, 5.74) is 0.494. The highest BCUT2D eigenvalue weighted by Crippen LogP contribution is 2.68. The molecular weight excluding hydrogens is 368 g/mol. The molecule has 0 spiro atoms. The average molecular weight is 417 g/mol. The first kappa shape index (κ1) is 22.8. The van der Waals surface area contributed by atoms with Crippen molar-refractivity contribution in [1.82, 2.24) is 0 Å². The highest BCUT2D eigenvalue weighted by Gasteiger charge is 2.62. The Morgan fingerprint density at radius 2 is 1.57 bits per heavy atom. The lowest BCUT2D eigenvalue weighted by Gasteiger charge is -2.62. The zero-order valence-corrected chi connectivity index (χ0v) is 20.5. The molecule has 0 heterocycles. The van der Waals surface area contributed by atoms with Crippen molar-refractivity contribution in [2.24, 2.45) is 58.2 Å². The number of rotatable bonds is 4. The molecule has 4 rings (SSSR count). The van der Waals surface area contributed by atoms with Gasteiger partial charge in [0.15, 0.2) is 0 Å². The van der Waals surface area contributed by atoms with E-state index in [1.54, 1.807) is 0 Å². The van der Waals surface area contributed by atoms with Crippen molar-refractivity contribution in [3.8, 4) is 0 Å². The van der Waals surface area contributed by atoms with Gasteiger partial charge in [0, 0.05) is 0 Å². The van der Waals surface area contributed by atoms with Crippen molar-refractivity contribution in [2.45, 2.75) is 105 Å². The predicted octanol–water partition coefficient (Wildman–Crippen LogP) is 6.46. The molecule has 30 heavy (non-hydrogen) atoms. The molecule has 2 heteroatoms. The number of hydrogen-bond donors (Lipinski definition) is 2. The smallest absolute Gasteiger partial charge is 0.0623 e. The van der Waals surface area contributed by atoms with Gasteiger partial charge in [-0.15, -0.1) is 0 Å². The van der Waals surface area contributed by atoms with Crippen molar-refractivity contribution in [3.05, 3.63) is 12.2 Å². The number of aliphatic hydroxyl groups is 2. The number of aliphatic hydroxyl groups excluding tert-OH is 2. The van der Waals surface area contributed by atoms with Crippen molar-refractivity contribution >= 4 is 0 Å². The molecule has 0 amide bonds. The van der Waals surface area contributed by atoms with Crippen LogP contribution in [0.3, 0.4) is 0 Å². The first-order valence-corrected chi connectivity index (χ1v) is 13.1. The van der Waals surface area contributed by atoms with Crippen LogP contribution < -0.4 is 0 Å². The van der Waals surface area contributed by atoms with Crippen LogP contribution >= 0.6 is 0 Å². The molecular formula is C28H48O2. The van der Waals surface area contributed by atoms with Crippen LogP contribution in [0.4, 0.5) is 0 Å². The van der Waals surface area contributed by atoms with Crippen LogP contribution in [-0.4, -0.2) is 22.4 Å². The van der Waals surface area contributed by atoms with Crippen LogP contribution in [0.5, 0.6) is 0 Å². The van der Waals surface area contributed by atoms with Gasteiger partial charge in [0.1, 0.15) is 0 Å². The van der Waals surface area contributed by atoms with E-state index in [1.165, 1.54) is 38.5 Å². The summed E-state index contributed by atoms with van der Waals surface area (Å²) in [5.74, 6) is 5.63. The van der Waals surface area contributed by atoms with Crippen LogP contribution in [0.25, 0.3) is 0 Å². The lowest BCUT2D eigenvalue weighted by Crippen LogP contribution is -2.59. The Hall–Kier alpha value is -0.340. The fourth-order valence-corrected chi connectivity index (χ4v) is 8.91. The summed E-state index contributed by atoms with van der Waals surface area (Å²) in [6, 6.07) is 0. The van der Waals surface area contributed by atoms with Crippen molar-refractivity contribution in [1.29, 1.82) is 0 Å². The molecule has 0 aliphatic heterocycles. The molecule has 0 saturated heterocycles. The number of fused-ring (bicyclic) bond motifs is 5. The highest BCUT2D eigenvalue weighted by atomic mass is 16.3. The Morgan fingerprint density at radius 1 is 0.833 bits per heavy atom. The summed E-state index contributed by atoms with van der Waals surface area (Å²) in [5, 5.41) is 21.4.